The Morgan fingerprint density at radius 1 is 1.16 bits per heavy atom. The molecule has 0 saturated carbocycles. The van der Waals surface area contributed by atoms with Crippen LogP contribution in [-0.2, 0) is 11.2 Å². The van der Waals surface area contributed by atoms with Gasteiger partial charge in [0, 0.05) is 31.9 Å². The number of nitrogens with one attached hydrogen (secondary N) is 1. The fourth-order valence-corrected chi connectivity index (χ4v) is 4.72. The van der Waals surface area contributed by atoms with Crippen molar-refractivity contribution < 1.29 is 14.6 Å². The number of nitrogens with zero attached hydrogens (tertiary/aromatic N) is 2. The molecule has 0 radical (unpaired) electrons. The number of fused-ring (bicyclic) bond motifs is 2. The molecule has 4 aromatic rings. The average molecular weight is 444 g/mol. The molecule has 0 aliphatic heterocycles. The Balaban J connectivity index is 1.34. The number of pyridine rings is 1. The third kappa shape index (κ3) is 4.30. The fraction of sp³-hybridized carbons (Fsp3) is 0.200. The SMILES string of the molecule is COCC#Cc1cc(Oc2ccc3nc(N[C@@H]4c5ccccc5C[C@@H]4O)sc3c2)ccn1. The zero-order valence-electron chi connectivity index (χ0n) is 17.4. The largest absolute Gasteiger partial charge is 0.457 e. The number of benzene rings is 2. The van der Waals surface area contributed by atoms with Gasteiger partial charge in [-0.05, 0) is 35.2 Å². The summed E-state index contributed by atoms with van der Waals surface area (Å²) in [5.41, 5.74) is 3.81. The third-order valence-corrected chi connectivity index (χ3v) is 6.19. The molecule has 2 aromatic heterocycles. The van der Waals surface area contributed by atoms with Gasteiger partial charge in [0.05, 0.1) is 22.4 Å². The first-order chi connectivity index (χ1) is 15.7. The average Bonchev–Trinajstić information content (AvgIpc) is 3.34. The minimum Gasteiger partial charge on any atom is -0.457 e. The highest BCUT2D eigenvalue weighted by molar-refractivity contribution is 7.22. The number of aliphatic hydroxyl groups excluding tert-OH is 1. The Kier molecular flexibility index (Phi) is 5.73. The first kappa shape index (κ1) is 20.5. The summed E-state index contributed by atoms with van der Waals surface area (Å²) in [4.78, 5) is 8.92. The number of aromatic nitrogens is 2. The smallest absolute Gasteiger partial charge is 0.184 e. The minimum atomic E-state index is -0.466. The van der Waals surface area contributed by atoms with Crippen LogP contribution in [0.4, 0.5) is 5.13 Å². The van der Waals surface area contributed by atoms with Crippen LogP contribution in [0.3, 0.4) is 0 Å². The molecule has 160 valence electrons. The molecular weight excluding hydrogens is 422 g/mol. The third-order valence-electron chi connectivity index (χ3n) is 5.24. The van der Waals surface area contributed by atoms with E-state index in [1.54, 1.807) is 36.8 Å². The zero-order chi connectivity index (χ0) is 21.9. The predicted molar refractivity (Wildman–Crippen MR) is 125 cm³/mol. The van der Waals surface area contributed by atoms with Gasteiger partial charge in [-0.15, -0.1) is 0 Å². The van der Waals surface area contributed by atoms with E-state index in [-0.39, 0.29) is 6.04 Å². The van der Waals surface area contributed by atoms with Gasteiger partial charge >= 0.3 is 0 Å². The summed E-state index contributed by atoms with van der Waals surface area (Å²) in [5.74, 6) is 7.20. The van der Waals surface area contributed by atoms with E-state index in [0.29, 0.717) is 30.2 Å². The summed E-state index contributed by atoms with van der Waals surface area (Å²) in [6, 6.07) is 17.4. The van der Waals surface area contributed by atoms with Crippen molar-refractivity contribution in [1.29, 1.82) is 0 Å². The Hall–Kier alpha value is -3.44. The highest BCUT2D eigenvalue weighted by Gasteiger charge is 2.31. The van der Waals surface area contributed by atoms with Crippen LogP contribution in [0.2, 0.25) is 0 Å². The highest BCUT2D eigenvalue weighted by atomic mass is 32.1. The molecule has 0 spiro atoms. The molecule has 0 amide bonds. The summed E-state index contributed by atoms with van der Waals surface area (Å²) in [7, 11) is 1.60. The molecule has 0 saturated heterocycles. The number of hydrogen-bond acceptors (Lipinski definition) is 7. The number of ether oxygens (including phenoxy) is 2. The molecule has 2 aromatic carbocycles. The number of methoxy groups -OCH3 is 1. The molecule has 0 bridgehead atoms. The first-order valence-corrected chi connectivity index (χ1v) is 11.1. The van der Waals surface area contributed by atoms with Crippen molar-refractivity contribution in [2.75, 3.05) is 19.0 Å². The van der Waals surface area contributed by atoms with E-state index in [4.69, 9.17) is 9.47 Å². The lowest BCUT2D eigenvalue weighted by atomic mass is 10.1. The van der Waals surface area contributed by atoms with Crippen LogP contribution in [0, 0.1) is 11.8 Å². The zero-order valence-corrected chi connectivity index (χ0v) is 18.2. The monoisotopic (exact) mass is 443 g/mol. The van der Waals surface area contributed by atoms with Gasteiger partial charge in [-0.3, -0.25) is 0 Å². The second kappa shape index (κ2) is 8.97. The van der Waals surface area contributed by atoms with Crippen molar-refractivity contribution in [3.63, 3.8) is 0 Å². The van der Waals surface area contributed by atoms with Gasteiger partial charge in [-0.2, -0.15) is 0 Å². The highest BCUT2D eigenvalue weighted by Crippen LogP contribution is 2.37. The molecule has 5 rings (SSSR count). The summed E-state index contributed by atoms with van der Waals surface area (Å²) in [5, 5.41) is 14.7. The lowest BCUT2D eigenvalue weighted by Crippen LogP contribution is -2.20. The second-order valence-electron chi connectivity index (χ2n) is 7.45. The minimum absolute atomic E-state index is 0.156. The Labute approximate surface area is 189 Å². The van der Waals surface area contributed by atoms with E-state index in [1.807, 2.05) is 30.3 Å². The Bertz CT molecular complexity index is 1320. The van der Waals surface area contributed by atoms with Crippen LogP contribution in [0.25, 0.3) is 10.2 Å². The molecule has 2 N–H and O–H groups in total. The molecule has 6 nitrogen and oxygen atoms in total. The van der Waals surface area contributed by atoms with Crippen LogP contribution in [0.15, 0.2) is 60.8 Å². The molecule has 2 heterocycles. The fourth-order valence-electron chi connectivity index (χ4n) is 3.79. The molecule has 32 heavy (non-hydrogen) atoms. The van der Waals surface area contributed by atoms with Gasteiger partial charge in [0.1, 0.15) is 23.8 Å². The van der Waals surface area contributed by atoms with Crippen LogP contribution in [-0.4, -0.2) is 34.9 Å². The number of anilines is 1. The van der Waals surface area contributed by atoms with E-state index < -0.39 is 6.10 Å². The van der Waals surface area contributed by atoms with Crippen LogP contribution >= 0.6 is 11.3 Å². The van der Waals surface area contributed by atoms with Crippen molar-refractivity contribution >= 4 is 26.7 Å². The summed E-state index contributed by atoms with van der Waals surface area (Å²) >= 11 is 1.54. The molecular formula is C25H21N3O3S. The van der Waals surface area contributed by atoms with Crippen molar-refractivity contribution in [2.45, 2.75) is 18.6 Å². The van der Waals surface area contributed by atoms with Gasteiger partial charge in [0.2, 0.25) is 0 Å². The lowest BCUT2D eigenvalue weighted by Gasteiger charge is -2.16. The van der Waals surface area contributed by atoms with E-state index >= 15 is 0 Å². The Morgan fingerprint density at radius 3 is 2.94 bits per heavy atom. The molecule has 1 aliphatic carbocycles. The van der Waals surface area contributed by atoms with Crippen LogP contribution in [0.1, 0.15) is 22.9 Å². The van der Waals surface area contributed by atoms with Crippen LogP contribution in [0.5, 0.6) is 11.5 Å². The first-order valence-electron chi connectivity index (χ1n) is 10.2. The van der Waals surface area contributed by atoms with Gasteiger partial charge in [0.15, 0.2) is 5.13 Å². The number of rotatable bonds is 5. The number of hydrogen-bond donors (Lipinski definition) is 2. The molecule has 2 atom stereocenters. The molecule has 1 aliphatic rings. The topological polar surface area (TPSA) is 76.5 Å². The second-order valence-corrected chi connectivity index (χ2v) is 8.49. The van der Waals surface area contributed by atoms with Crippen LogP contribution < -0.4 is 10.1 Å². The lowest BCUT2D eigenvalue weighted by molar-refractivity contribution is 0.166. The maximum Gasteiger partial charge on any atom is 0.184 e. The van der Waals surface area contributed by atoms with Gasteiger partial charge in [-0.1, -0.05) is 41.5 Å². The standard InChI is InChI=1S/C25H21N3O3S/c1-30-12-4-6-17-14-19(10-11-26-17)31-18-8-9-21-23(15-18)32-25(27-21)28-24-20-7-3-2-5-16(20)13-22(24)29/h2-3,5,7-11,14-15,22,24,29H,12-13H2,1H3,(H,27,28)/t22-,24+/m0/s1. The van der Waals surface area contributed by atoms with Crippen molar-refractivity contribution in [3.05, 3.63) is 77.6 Å². The van der Waals surface area contributed by atoms with E-state index in [1.165, 1.54) is 5.56 Å². The van der Waals surface area contributed by atoms with Crippen molar-refractivity contribution in [2.24, 2.45) is 0 Å². The normalized spacial score (nSPS) is 16.9. The summed E-state index contributed by atoms with van der Waals surface area (Å²) < 4.78 is 12.0. The number of thiazole rings is 1. The predicted octanol–water partition coefficient (Wildman–Crippen LogP) is 4.55. The quantitative estimate of drug-likeness (QED) is 0.441. The van der Waals surface area contributed by atoms with E-state index in [2.05, 4.69) is 39.3 Å². The van der Waals surface area contributed by atoms with Crippen molar-refractivity contribution in [1.82, 2.24) is 9.97 Å². The van der Waals surface area contributed by atoms with Crippen molar-refractivity contribution in [3.8, 4) is 23.3 Å². The maximum atomic E-state index is 10.5. The van der Waals surface area contributed by atoms with Gasteiger partial charge < -0.3 is 19.9 Å². The van der Waals surface area contributed by atoms with E-state index in [0.717, 1.165) is 20.9 Å². The van der Waals surface area contributed by atoms with Gasteiger partial charge in [-0.25, -0.2) is 9.97 Å². The molecule has 0 fully saturated rings. The van der Waals surface area contributed by atoms with E-state index in [9.17, 15) is 5.11 Å². The molecule has 7 heteroatoms. The molecule has 0 unspecified atom stereocenters. The maximum absolute atomic E-state index is 10.5. The summed E-state index contributed by atoms with van der Waals surface area (Å²) in [6.07, 6.45) is 1.86. The number of aliphatic hydroxyl groups is 1. The summed E-state index contributed by atoms with van der Waals surface area (Å²) in [6.45, 7) is 0.356. The Morgan fingerprint density at radius 2 is 2.03 bits per heavy atom. The van der Waals surface area contributed by atoms with Gasteiger partial charge in [0.25, 0.3) is 0 Å².